The molecule has 0 radical (unpaired) electrons. The molecule has 2 nitrogen and oxygen atoms in total. The molecule has 0 aromatic heterocycles. The minimum Gasteiger partial charge on any atom is -0.368 e. The normalized spacial score (nSPS) is 25.8. The van der Waals surface area contributed by atoms with E-state index in [0.717, 1.165) is 31.1 Å². The Morgan fingerprint density at radius 2 is 2.06 bits per heavy atom. The van der Waals surface area contributed by atoms with E-state index in [2.05, 4.69) is 36.2 Å². The van der Waals surface area contributed by atoms with Crippen molar-refractivity contribution >= 4 is 17.3 Å². The van der Waals surface area contributed by atoms with E-state index >= 15 is 0 Å². The van der Waals surface area contributed by atoms with Crippen LogP contribution in [0, 0.1) is 0 Å². The van der Waals surface area contributed by atoms with Crippen LogP contribution in [0.4, 0.5) is 5.69 Å². The summed E-state index contributed by atoms with van der Waals surface area (Å²) >= 11 is 5.90. The molecule has 1 atom stereocenters. The van der Waals surface area contributed by atoms with E-state index in [1.54, 1.807) is 0 Å². The van der Waals surface area contributed by atoms with Gasteiger partial charge in [-0.05, 0) is 37.6 Å². The first-order chi connectivity index (χ1) is 7.63. The fourth-order valence-corrected chi connectivity index (χ4v) is 2.28. The van der Waals surface area contributed by atoms with Crippen LogP contribution < -0.4 is 10.2 Å². The summed E-state index contributed by atoms with van der Waals surface area (Å²) in [6.45, 7) is 7.70. The quantitative estimate of drug-likeness (QED) is 0.853. The second-order valence-electron chi connectivity index (χ2n) is 4.74. The summed E-state index contributed by atoms with van der Waals surface area (Å²) in [7, 11) is 0. The number of benzene rings is 1. The second-order valence-corrected chi connectivity index (χ2v) is 5.18. The Hall–Kier alpha value is -0.730. The van der Waals surface area contributed by atoms with Crippen molar-refractivity contribution in [1.82, 2.24) is 5.32 Å². The van der Waals surface area contributed by atoms with Gasteiger partial charge in [-0.25, -0.2) is 0 Å². The second kappa shape index (κ2) is 4.64. The van der Waals surface area contributed by atoms with Crippen molar-refractivity contribution in [3.63, 3.8) is 0 Å². The number of hydrogen-bond acceptors (Lipinski definition) is 2. The first-order valence-corrected chi connectivity index (χ1v) is 6.26. The molecule has 88 valence electrons. The Kier molecular flexibility index (Phi) is 3.41. The number of piperazine rings is 1. The van der Waals surface area contributed by atoms with E-state index < -0.39 is 0 Å². The smallest absolute Gasteiger partial charge is 0.0407 e. The van der Waals surface area contributed by atoms with Gasteiger partial charge in [0.1, 0.15) is 0 Å². The molecule has 0 spiro atoms. The SMILES string of the molecule is CCC1(C)CN(c2ccc(Cl)cc2)CCN1. The fraction of sp³-hybridized carbons (Fsp3) is 0.538. The number of halogens is 1. The van der Waals surface area contributed by atoms with Crippen molar-refractivity contribution in [2.75, 3.05) is 24.5 Å². The lowest BCUT2D eigenvalue weighted by molar-refractivity contribution is 0.314. The molecule has 1 heterocycles. The summed E-state index contributed by atoms with van der Waals surface area (Å²) in [6, 6.07) is 8.12. The summed E-state index contributed by atoms with van der Waals surface area (Å²) in [5.74, 6) is 0. The zero-order valence-corrected chi connectivity index (χ0v) is 10.7. The molecule has 1 aromatic carbocycles. The lowest BCUT2D eigenvalue weighted by Gasteiger charge is -2.42. The Morgan fingerprint density at radius 3 is 2.69 bits per heavy atom. The Labute approximate surface area is 103 Å². The molecule has 0 saturated carbocycles. The van der Waals surface area contributed by atoms with Gasteiger partial charge in [0.05, 0.1) is 0 Å². The predicted molar refractivity (Wildman–Crippen MR) is 70.4 cm³/mol. The van der Waals surface area contributed by atoms with Gasteiger partial charge >= 0.3 is 0 Å². The highest BCUT2D eigenvalue weighted by atomic mass is 35.5. The monoisotopic (exact) mass is 238 g/mol. The van der Waals surface area contributed by atoms with Crippen molar-refractivity contribution < 1.29 is 0 Å². The van der Waals surface area contributed by atoms with Gasteiger partial charge in [-0.15, -0.1) is 0 Å². The van der Waals surface area contributed by atoms with Crippen LogP contribution in [0.1, 0.15) is 20.3 Å². The summed E-state index contributed by atoms with van der Waals surface area (Å²) in [6.07, 6.45) is 1.15. The molecule has 1 unspecified atom stereocenters. The molecule has 1 N–H and O–H groups in total. The Bertz CT molecular complexity index is 349. The van der Waals surface area contributed by atoms with Crippen LogP contribution >= 0.6 is 11.6 Å². The van der Waals surface area contributed by atoms with E-state index in [1.165, 1.54) is 5.69 Å². The largest absolute Gasteiger partial charge is 0.368 e. The van der Waals surface area contributed by atoms with Crippen LogP contribution in [0.5, 0.6) is 0 Å². The van der Waals surface area contributed by atoms with Crippen molar-refractivity contribution in [2.45, 2.75) is 25.8 Å². The predicted octanol–water partition coefficient (Wildman–Crippen LogP) is 2.92. The lowest BCUT2D eigenvalue weighted by atomic mass is 9.95. The fourth-order valence-electron chi connectivity index (χ4n) is 2.16. The minimum atomic E-state index is 0.234. The highest BCUT2D eigenvalue weighted by Crippen LogP contribution is 2.23. The third-order valence-corrected chi connectivity index (χ3v) is 3.70. The molecule has 3 heteroatoms. The van der Waals surface area contributed by atoms with Crippen molar-refractivity contribution in [3.05, 3.63) is 29.3 Å². The summed E-state index contributed by atoms with van der Waals surface area (Å²) in [5.41, 5.74) is 1.50. The van der Waals surface area contributed by atoms with Crippen LogP contribution in [0.15, 0.2) is 24.3 Å². The first-order valence-electron chi connectivity index (χ1n) is 5.88. The first kappa shape index (κ1) is 11.7. The summed E-state index contributed by atoms with van der Waals surface area (Å²) in [5, 5.41) is 4.39. The third-order valence-electron chi connectivity index (χ3n) is 3.45. The van der Waals surface area contributed by atoms with Crippen molar-refractivity contribution in [1.29, 1.82) is 0 Å². The topological polar surface area (TPSA) is 15.3 Å². The molecule has 16 heavy (non-hydrogen) atoms. The van der Waals surface area contributed by atoms with E-state index in [1.807, 2.05) is 12.1 Å². The molecule has 0 amide bonds. The maximum atomic E-state index is 5.90. The van der Waals surface area contributed by atoms with Crippen LogP contribution in [0.2, 0.25) is 5.02 Å². The van der Waals surface area contributed by atoms with Gasteiger partial charge in [-0.3, -0.25) is 0 Å². The van der Waals surface area contributed by atoms with Crippen LogP contribution in [0.3, 0.4) is 0 Å². The highest BCUT2D eigenvalue weighted by Gasteiger charge is 2.28. The standard InChI is InChI=1S/C13H19ClN2/c1-3-13(2)10-16(9-8-15-13)12-6-4-11(14)5-7-12/h4-7,15H,3,8-10H2,1-2H3. The van der Waals surface area contributed by atoms with Gasteiger partial charge in [0.2, 0.25) is 0 Å². The maximum Gasteiger partial charge on any atom is 0.0407 e. The van der Waals surface area contributed by atoms with Gasteiger partial charge in [-0.1, -0.05) is 18.5 Å². The zero-order valence-electron chi connectivity index (χ0n) is 9.96. The molecular formula is C13H19ClN2. The minimum absolute atomic E-state index is 0.234. The average molecular weight is 239 g/mol. The number of anilines is 1. The Morgan fingerprint density at radius 1 is 1.38 bits per heavy atom. The maximum absolute atomic E-state index is 5.90. The Balaban J connectivity index is 2.12. The molecule has 1 aliphatic rings. The van der Waals surface area contributed by atoms with Gasteiger partial charge in [0, 0.05) is 35.9 Å². The molecular weight excluding hydrogens is 220 g/mol. The molecule has 1 saturated heterocycles. The summed E-state index contributed by atoms with van der Waals surface area (Å²) < 4.78 is 0. The van der Waals surface area contributed by atoms with Gasteiger partial charge < -0.3 is 10.2 Å². The zero-order chi connectivity index (χ0) is 11.6. The number of rotatable bonds is 2. The summed E-state index contributed by atoms with van der Waals surface area (Å²) in [4.78, 5) is 2.43. The van der Waals surface area contributed by atoms with Gasteiger partial charge in [0.25, 0.3) is 0 Å². The number of nitrogens with zero attached hydrogens (tertiary/aromatic N) is 1. The van der Waals surface area contributed by atoms with Gasteiger partial charge in [0.15, 0.2) is 0 Å². The van der Waals surface area contributed by atoms with E-state index in [9.17, 15) is 0 Å². The molecule has 0 aliphatic carbocycles. The molecule has 1 aromatic rings. The van der Waals surface area contributed by atoms with E-state index in [-0.39, 0.29) is 5.54 Å². The molecule has 1 aliphatic heterocycles. The average Bonchev–Trinajstić information content (AvgIpc) is 2.30. The van der Waals surface area contributed by atoms with Gasteiger partial charge in [-0.2, -0.15) is 0 Å². The molecule has 2 rings (SSSR count). The van der Waals surface area contributed by atoms with Crippen molar-refractivity contribution in [3.8, 4) is 0 Å². The number of nitrogens with one attached hydrogen (secondary N) is 1. The van der Waals surface area contributed by atoms with Crippen LogP contribution in [-0.2, 0) is 0 Å². The van der Waals surface area contributed by atoms with E-state index in [0.29, 0.717) is 0 Å². The third kappa shape index (κ3) is 2.50. The van der Waals surface area contributed by atoms with Crippen LogP contribution in [-0.4, -0.2) is 25.2 Å². The van der Waals surface area contributed by atoms with Crippen molar-refractivity contribution in [2.24, 2.45) is 0 Å². The molecule has 1 fully saturated rings. The highest BCUT2D eigenvalue weighted by molar-refractivity contribution is 6.30. The lowest BCUT2D eigenvalue weighted by Crippen LogP contribution is -2.58. The molecule has 0 bridgehead atoms. The van der Waals surface area contributed by atoms with E-state index in [4.69, 9.17) is 11.6 Å². The number of hydrogen-bond donors (Lipinski definition) is 1. The van der Waals surface area contributed by atoms with Crippen LogP contribution in [0.25, 0.3) is 0 Å².